The molecule has 2 rings (SSSR count). The third kappa shape index (κ3) is 2.03. The number of aromatic carboxylic acids is 1. The largest absolute Gasteiger partial charge is 0.478 e. The summed E-state index contributed by atoms with van der Waals surface area (Å²) in [6.07, 6.45) is 3.72. The average molecular weight is 216 g/mol. The van der Waals surface area contributed by atoms with Gasteiger partial charge in [0.1, 0.15) is 0 Å². The third-order valence-electron chi connectivity index (χ3n) is 2.71. The summed E-state index contributed by atoms with van der Waals surface area (Å²) >= 11 is 0. The fourth-order valence-corrected chi connectivity index (χ4v) is 1.95. The minimum Gasteiger partial charge on any atom is -0.478 e. The van der Waals surface area contributed by atoms with Gasteiger partial charge < -0.3 is 5.11 Å². The van der Waals surface area contributed by atoms with Crippen molar-refractivity contribution in [1.29, 1.82) is 0 Å². The van der Waals surface area contributed by atoms with Crippen LogP contribution >= 0.6 is 0 Å². The summed E-state index contributed by atoms with van der Waals surface area (Å²) in [5.41, 5.74) is 1.78. The predicted molar refractivity (Wildman–Crippen MR) is 60.2 cm³/mol. The van der Waals surface area contributed by atoms with E-state index in [1.165, 1.54) is 0 Å². The first kappa shape index (κ1) is 10.6. The Labute approximate surface area is 93.4 Å². The van der Waals surface area contributed by atoms with Crippen molar-refractivity contribution in [3.05, 3.63) is 41.5 Å². The lowest BCUT2D eigenvalue weighted by molar-refractivity contribution is -0.114. The molecular weight excluding hydrogens is 204 g/mol. The molecule has 0 saturated carbocycles. The molecule has 0 spiro atoms. The predicted octanol–water partition coefficient (Wildman–Crippen LogP) is 2.52. The van der Waals surface area contributed by atoms with Gasteiger partial charge in [-0.15, -0.1) is 0 Å². The van der Waals surface area contributed by atoms with E-state index in [1.54, 1.807) is 30.3 Å². The first-order valence-electron chi connectivity index (χ1n) is 5.24. The molecule has 1 N–H and O–H groups in total. The van der Waals surface area contributed by atoms with Crippen molar-refractivity contribution < 1.29 is 14.7 Å². The monoisotopic (exact) mass is 216 g/mol. The Bertz CT molecular complexity index is 472. The van der Waals surface area contributed by atoms with Crippen LogP contribution in [0, 0.1) is 0 Å². The van der Waals surface area contributed by atoms with Gasteiger partial charge in [-0.05, 0) is 36.1 Å². The maximum Gasteiger partial charge on any atom is 0.336 e. The first-order valence-corrected chi connectivity index (χ1v) is 5.24. The van der Waals surface area contributed by atoms with Crippen LogP contribution in [-0.2, 0) is 4.79 Å². The van der Waals surface area contributed by atoms with E-state index in [4.69, 9.17) is 5.11 Å². The van der Waals surface area contributed by atoms with Crippen LogP contribution in [0.3, 0.4) is 0 Å². The van der Waals surface area contributed by atoms with Crippen molar-refractivity contribution in [3.63, 3.8) is 0 Å². The number of carbonyl (C=O) groups excluding carboxylic acids is 1. The molecule has 16 heavy (non-hydrogen) atoms. The van der Waals surface area contributed by atoms with E-state index in [0.29, 0.717) is 12.0 Å². The second-order valence-electron chi connectivity index (χ2n) is 3.84. The van der Waals surface area contributed by atoms with Gasteiger partial charge in [-0.3, -0.25) is 4.79 Å². The molecule has 1 aromatic carbocycles. The molecule has 0 fully saturated rings. The van der Waals surface area contributed by atoms with Gasteiger partial charge in [0, 0.05) is 6.42 Å². The maximum atomic E-state index is 11.3. The van der Waals surface area contributed by atoms with Gasteiger partial charge in [-0.25, -0.2) is 4.79 Å². The van der Waals surface area contributed by atoms with E-state index in [-0.39, 0.29) is 11.3 Å². The van der Waals surface area contributed by atoms with Gasteiger partial charge >= 0.3 is 5.97 Å². The van der Waals surface area contributed by atoms with Crippen LogP contribution in [0.4, 0.5) is 0 Å². The van der Waals surface area contributed by atoms with E-state index < -0.39 is 5.97 Å². The molecule has 82 valence electrons. The molecule has 3 heteroatoms. The maximum absolute atomic E-state index is 11.3. The number of hydrogen-bond donors (Lipinski definition) is 1. The zero-order valence-corrected chi connectivity index (χ0v) is 8.77. The summed E-state index contributed by atoms with van der Waals surface area (Å²) in [5.74, 6) is -0.865. The molecule has 0 saturated heterocycles. The standard InChI is InChI=1S/C13H12O3/c14-10-5-3-4-9(8-10)11-6-1-2-7-12(11)13(15)16/h1-2,6-8H,3-5H2,(H,15,16). The van der Waals surface area contributed by atoms with Crippen LogP contribution in [0.5, 0.6) is 0 Å². The molecule has 1 aromatic rings. The molecule has 0 amide bonds. The van der Waals surface area contributed by atoms with E-state index in [0.717, 1.165) is 18.4 Å². The Kier molecular flexibility index (Phi) is 2.86. The van der Waals surface area contributed by atoms with Gasteiger partial charge in [0.05, 0.1) is 5.56 Å². The number of ketones is 1. The second-order valence-corrected chi connectivity index (χ2v) is 3.84. The smallest absolute Gasteiger partial charge is 0.336 e. The Hall–Kier alpha value is -1.90. The van der Waals surface area contributed by atoms with Crippen molar-refractivity contribution in [3.8, 4) is 0 Å². The van der Waals surface area contributed by atoms with E-state index in [9.17, 15) is 9.59 Å². The highest BCUT2D eigenvalue weighted by molar-refractivity contribution is 6.01. The summed E-state index contributed by atoms with van der Waals surface area (Å²) in [6.45, 7) is 0. The topological polar surface area (TPSA) is 54.4 Å². The SMILES string of the molecule is O=C1C=C(c2ccccc2C(=O)O)CCC1. The summed E-state index contributed by atoms with van der Waals surface area (Å²) in [7, 11) is 0. The Balaban J connectivity index is 2.47. The Morgan fingerprint density at radius 2 is 1.94 bits per heavy atom. The highest BCUT2D eigenvalue weighted by Gasteiger charge is 2.16. The number of carbonyl (C=O) groups is 2. The fourth-order valence-electron chi connectivity index (χ4n) is 1.95. The first-order chi connectivity index (χ1) is 7.68. The molecule has 1 aliphatic rings. The van der Waals surface area contributed by atoms with Crippen LogP contribution in [0.1, 0.15) is 35.2 Å². The normalized spacial score (nSPS) is 15.8. The van der Waals surface area contributed by atoms with Gasteiger partial charge in [0.2, 0.25) is 0 Å². The van der Waals surface area contributed by atoms with E-state index in [2.05, 4.69) is 0 Å². The van der Waals surface area contributed by atoms with Crippen molar-refractivity contribution in [2.24, 2.45) is 0 Å². The van der Waals surface area contributed by atoms with Crippen LogP contribution in [0.15, 0.2) is 30.3 Å². The number of carboxylic acids is 1. The summed E-state index contributed by atoms with van der Waals surface area (Å²) < 4.78 is 0. The highest BCUT2D eigenvalue weighted by atomic mass is 16.4. The molecule has 0 bridgehead atoms. The Morgan fingerprint density at radius 3 is 2.62 bits per heavy atom. The molecule has 3 nitrogen and oxygen atoms in total. The van der Waals surface area contributed by atoms with E-state index in [1.807, 2.05) is 0 Å². The van der Waals surface area contributed by atoms with Crippen LogP contribution < -0.4 is 0 Å². The van der Waals surface area contributed by atoms with Crippen molar-refractivity contribution >= 4 is 17.3 Å². The third-order valence-corrected chi connectivity index (χ3v) is 2.71. The number of rotatable bonds is 2. The number of benzene rings is 1. The Morgan fingerprint density at radius 1 is 1.19 bits per heavy atom. The van der Waals surface area contributed by atoms with E-state index >= 15 is 0 Å². The fraction of sp³-hybridized carbons (Fsp3) is 0.231. The van der Waals surface area contributed by atoms with Crippen LogP contribution in [-0.4, -0.2) is 16.9 Å². The van der Waals surface area contributed by atoms with Crippen LogP contribution in [0.25, 0.3) is 5.57 Å². The molecule has 0 atom stereocenters. The summed E-state index contributed by atoms with van der Waals surface area (Å²) in [5, 5.41) is 9.05. The highest BCUT2D eigenvalue weighted by Crippen LogP contribution is 2.27. The molecule has 0 aliphatic heterocycles. The van der Waals surface area contributed by atoms with Gasteiger partial charge in [0.25, 0.3) is 0 Å². The molecular formula is C13H12O3. The zero-order valence-electron chi connectivity index (χ0n) is 8.77. The lowest BCUT2D eigenvalue weighted by Gasteiger charge is -2.14. The number of carboxylic acid groups (broad SMARTS) is 1. The van der Waals surface area contributed by atoms with Crippen molar-refractivity contribution in [2.45, 2.75) is 19.3 Å². The summed E-state index contributed by atoms with van der Waals surface area (Å²) in [4.78, 5) is 22.3. The lowest BCUT2D eigenvalue weighted by Crippen LogP contribution is -2.06. The number of allylic oxidation sites excluding steroid dienone is 2. The summed E-state index contributed by atoms with van der Waals surface area (Å²) in [6, 6.07) is 6.81. The molecule has 0 heterocycles. The zero-order chi connectivity index (χ0) is 11.5. The van der Waals surface area contributed by atoms with Crippen LogP contribution in [0.2, 0.25) is 0 Å². The van der Waals surface area contributed by atoms with Crippen molar-refractivity contribution in [1.82, 2.24) is 0 Å². The quantitative estimate of drug-likeness (QED) is 0.826. The van der Waals surface area contributed by atoms with Crippen molar-refractivity contribution in [2.75, 3.05) is 0 Å². The minimum atomic E-state index is -0.950. The van der Waals surface area contributed by atoms with Gasteiger partial charge in [0.15, 0.2) is 5.78 Å². The average Bonchev–Trinajstić information content (AvgIpc) is 2.29. The number of hydrogen-bond acceptors (Lipinski definition) is 2. The molecule has 1 aliphatic carbocycles. The molecule has 0 unspecified atom stereocenters. The molecule has 0 radical (unpaired) electrons. The lowest BCUT2D eigenvalue weighted by atomic mass is 9.90. The molecule has 0 aromatic heterocycles. The minimum absolute atomic E-state index is 0.0847. The van der Waals surface area contributed by atoms with Gasteiger partial charge in [-0.2, -0.15) is 0 Å². The van der Waals surface area contributed by atoms with Gasteiger partial charge in [-0.1, -0.05) is 18.2 Å². The second kappa shape index (κ2) is 4.31.